The normalized spacial score (nSPS) is 36.5. The van der Waals surface area contributed by atoms with Gasteiger partial charge in [0.1, 0.15) is 5.82 Å². The summed E-state index contributed by atoms with van der Waals surface area (Å²) in [6.45, 7) is -4.74. The molecule has 0 aliphatic heterocycles. The lowest BCUT2D eigenvalue weighted by molar-refractivity contribution is -0.0402. The van der Waals surface area contributed by atoms with E-state index >= 15 is 0 Å². The maximum Gasteiger partial charge on any atom is 0.484 e. The van der Waals surface area contributed by atoms with Crippen molar-refractivity contribution in [3.8, 4) is 0 Å². The molecule has 0 saturated heterocycles. The van der Waals surface area contributed by atoms with Crippen LogP contribution in [0.1, 0.15) is 24.8 Å². The molecule has 0 aromatic heterocycles. The van der Waals surface area contributed by atoms with Gasteiger partial charge in [0.25, 0.3) is 0 Å². The predicted molar refractivity (Wildman–Crippen MR) is 53.7 cm³/mol. The minimum atomic E-state index is -4.74. The van der Waals surface area contributed by atoms with Gasteiger partial charge in [-0.1, -0.05) is 36.7 Å². The van der Waals surface area contributed by atoms with E-state index in [1.807, 2.05) is 0 Å². The zero-order valence-electron chi connectivity index (χ0n) is 8.52. The molecule has 0 amide bonds. The lowest BCUT2D eigenvalue weighted by Gasteiger charge is -2.75. The van der Waals surface area contributed by atoms with Gasteiger partial charge >= 0.3 is 6.98 Å². The van der Waals surface area contributed by atoms with Gasteiger partial charge in [0.15, 0.2) is 0 Å². The summed E-state index contributed by atoms with van der Waals surface area (Å²) in [6, 6.07) is 5.98. The van der Waals surface area contributed by atoms with Crippen molar-refractivity contribution >= 4 is 6.98 Å². The Bertz CT molecular complexity index is 432. The van der Waals surface area contributed by atoms with Crippen LogP contribution in [0.15, 0.2) is 24.3 Å². The van der Waals surface area contributed by atoms with Gasteiger partial charge < -0.3 is 12.9 Å². The molecule has 0 nitrogen and oxygen atoms in total. The van der Waals surface area contributed by atoms with E-state index in [2.05, 4.69) is 0 Å². The smallest absolute Gasteiger partial charge is 0.449 e. The van der Waals surface area contributed by atoms with Crippen molar-refractivity contribution in [2.24, 2.45) is 0 Å². The molecular formula is C11H10BF4-. The van der Waals surface area contributed by atoms with Crippen molar-refractivity contribution in [2.45, 2.75) is 30.0 Å². The van der Waals surface area contributed by atoms with E-state index in [-0.39, 0.29) is 30.5 Å². The summed E-state index contributed by atoms with van der Waals surface area (Å²) in [5, 5.41) is -1.40. The highest BCUT2D eigenvalue weighted by atomic mass is 19.4. The van der Waals surface area contributed by atoms with Gasteiger partial charge in [0, 0.05) is 0 Å². The second-order valence-electron chi connectivity index (χ2n) is 5.26. The Balaban J connectivity index is 1.84. The van der Waals surface area contributed by atoms with Crippen LogP contribution in [0, 0.1) is 5.82 Å². The molecule has 3 aliphatic rings. The highest BCUT2D eigenvalue weighted by molar-refractivity contribution is 6.63. The summed E-state index contributed by atoms with van der Waals surface area (Å²) in [6.07, 6.45) is 0.479. The summed E-state index contributed by atoms with van der Waals surface area (Å²) in [5.41, 5.74) is 0.355. The molecule has 3 fully saturated rings. The van der Waals surface area contributed by atoms with E-state index in [1.165, 1.54) is 12.1 Å². The van der Waals surface area contributed by atoms with Crippen LogP contribution >= 0.6 is 0 Å². The highest BCUT2D eigenvalue weighted by Gasteiger charge is 2.74. The Kier molecular flexibility index (Phi) is 1.67. The Morgan fingerprint density at radius 3 is 2.19 bits per heavy atom. The Morgan fingerprint density at radius 1 is 1.06 bits per heavy atom. The van der Waals surface area contributed by atoms with Gasteiger partial charge in [0.05, 0.1) is 0 Å². The summed E-state index contributed by atoms with van der Waals surface area (Å²) in [5.74, 6) is -0.367. The van der Waals surface area contributed by atoms with Gasteiger partial charge in [-0.3, -0.25) is 0 Å². The molecule has 1 aromatic carbocycles. The Morgan fingerprint density at radius 2 is 1.69 bits per heavy atom. The van der Waals surface area contributed by atoms with E-state index in [0.717, 1.165) is 5.56 Å². The molecule has 0 spiro atoms. The van der Waals surface area contributed by atoms with Gasteiger partial charge in [-0.25, -0.2) is 4.39 Å². The zero-order chi connectivity index (χ0) is 11.6. The average Bonchev–Trinajstić information content (AvgIpc) is 1.95. The van der Waals surface area contributed by atoms with Crippen LogP contribution in [0.4, 0.5) is 17.3 Å². The largest absolute Gasteiger partial charge is 0.484 e. The van der Waals surface area contributed by atoms with Gasteiger partial charge in [-0.05, 0) is 23.1 Å². The maximum absolute atomic E-state index is 13.0. The van der Waals surface area contributed by atoms with E-state index in [0.29, 0.717) is 0 Å². The molecule has 3 saturated carbocycles. The van der Waals surface area contributed by atoms with Crippen molar-refractivity contribution in [1.29, 1.82) is 0 Å². The first kappa shape index (κ1) is 10.2. The van der Waals surface area contributed by atoms with Crippen molar-refractivity contribution < 1.29 is 17.3 Å². The molecule has 0 N–H and O–H groups in total. The minimum Gasteiger partial charge on any atom is -0.449 e. The number of rotatable bonds is 2. The Hall–Kier alpha value is -0.995. The fraction of sp³-hybridized carbons (Fsp3) is 0.455. The monoisotopic (exact) mass is 229 g/mol. The topological polar surface area (TPSA) is 0 Å². The number of hydrogen-bond donors (Lipinski definition) is 0. The molecule has 3 aliphatic carbocycles. The van der Waals surface area contributed by atoms with E-state index < -0.39 is 12.3 Å². The summed E-state index contributed by atoms with van der Waals surface area (Å²) >= 11 is 0. The molecule has 0 unspecified atom stereocenters. The molecule has 5 heteroatoms. The first-order valence-corrected chi connectivity index (χ1v) is 5.32. The Labute approximate surface area is 90.7 Å². The summed E-state index contributed by atoms with van der Waals surface area (Å²) in [7, 11) is 0. The zero-order valence-corrected chi connectivity index (χ0v) is 8.52. The molecule has 0 atom stereocenters. The summed E-state index contributed by atoms with van der Waals surface area (Å²) in [4.78, 5) is 0. The molecular weight excluding hydrogens is 219 g/mol. The van der Waals surface area contributed by atoms with E-state index in [9.17, 15) is 17.3 Å². The van der Waals surface area contributed by atoms with Crippen LogP contribution in [0.5, 0.6) is 0 Å². The molecule has 86 valence electrons. The van der Waals surface area contributed by atoms with Crippen molar-refractivity contribution in [3.05, 3.63) is 35.6 Å². The van der Waals surface area contributed by atoms with Crippen LogP contribution in [0.3, 0.4) is 0 Å². The molecule has 1 aromatic rings. The average molecular weight is 229 g/mol. The maximum atomic E-state index is 13.0. The van der Waals surface area contributed by atoms with Crippen molar-refractivity contribution in [3.63, 3.8) is 0 Å². The predicted octanol–water partition coefficient (Wildman–Crippen LogP) is 3.85. The quantitative estimate of drug-likeness (QED) is 0.533. The molecule has 4 rings (SSSR count). The summed E-state index contributed by atoms with van der Waals surface area (Å²) < 4.78 is 51.0. The third kappa shape index (κ3) is 1.06. The standard InChI is InChI=1S/C11H10BF4/c13-9-3-1-2-8(4-9)10-5-11(6-10,7-10)12(14,15)16/h1-4H,5-7H2/q-1. The molecule has 0 heterocycles. The van der Waals surface area contributed by atoms with Crippen LogP contribution in [-0.4, -0.2) is 6.98 Å². The fourth-order valence-electron chi connectivity index (χ4n) is 3.34. The van der Waals surface area contributed by atoms with Crippen LogP contribution in [-0.2, 0) is 5.41 Å². The second kappa shape index (κ2) is 2.63. The third-order valence-corrected chi connectivity index (χ3v) is 4.20. The van der Waals surface area contributed by atoms with Gasteiger partial charge in [0.2, 0.25) is 0 Å². The lowest BCUT2D eigenvalue weighted by atomic mass is 9.23. The number of halogens is 4. The van der Waals surface area contributed by atoms with Gasteiger partial charge in [-0.2, -0.15) is 0 Å². The first-order chi connectivity index (χ1) is 7.37. The van der Waals surface area contributed by atoms with Gasteiger partial charge in [-0.15, -0.1) is 0 Å². The van der Waals surface area contributed by atoms with E-state index in [4.69, 9.17) is 0 Å². The van der Waals surface area contributed by atoms with Crippen molar-refractivity contribution in [1.82, 2.24) is 0 Å². The third-order valence-electron chi connectivity index (χ3n) is 4.20. The SMILES string of the molecule is Fc1cccc(C23CC([B-](F)(F)F)(C2)C3)c1. The lowest BCUT2D eigenvalue weighted by Crippen LogP contribution is -2.67. The number of hydrogen-bond acceptors (Lipinski definition) is 0. The fourth-order valence-corrected chi connectivity index (χ4v) is 3.34. The molecule has 2 bridgehead atoms. The number of benzene rings is 1. The highest BCUT2D eigenvalue weighted by Crippen LogP contribution is 2.82. The van der Waals surface area contributed by atoms with Crippen LogP contribution in [0.25, 0.3) is 0 Å². The van der Waals surface area contributed by atoms with Crippen LogP contribution < -0.4 is 0 Å². The van der Waals surface area contributed by atoms with E-state index in [1.54, 1.807) is 12.1 Å². The second-order valence-corrected chi connectivity index (χ2v) is 5.26. The minimum absolute atomic E-state index is 0.160. The van der Waals surface area contributed by atoms with Crippen molar-refractivity contribution in [2.75, 3.05) is 0 Å². The van der Waals surface area contributed by atoms with Crippen LogP contribution in [0.2, 0.25) is 5.31 Å². The molecule has 16 heavy (non-hydrogen) atoms. The first-order valence-electron chi connectivity index (χ1n) is 5.32. The molecule has 0 radical (unpaired) electrons.